The molecule has 0 aromatic heterocycles. The molecule has 3 amide bonds. The summed E-state index contributed by atoms with van der Waals surface area (Å²) in [4.78, 5) is 53.8. The summed E-state index contributed by atoms with van der Waals surface area (Å²) in [5.74, 6) is -1.10. The first-order valence-corrected chi connectivity index (χ1v) is 11.4. The molecule has 172 valence electrons. The first-order valence-electron chi connectivity index (χ1n) is 11.4. The van der Waals surface area contributed by atoms with Crippen molar-refractivity contribution >= 4 is 23.7 Å². The molecule has 2 heterocycles. The number of hydrogen-bond donors (Lipinski definition) is 0. The number of likely N-dealkylation sites (tertiary alicyclic amines) is 1. The van der Waals surface area contributed by atoms with Gasteiger partial charge in [-0.15, -0.1) is 0 Å². The minimum Gasteiger partial charge on any atom is -0.449 e. The van der Waals surface area contributed by atoms with Gasteiger partial charge in [-0.25, -0.2) is 4.79 Å². The van der Waals surface area contributed by atoms with E-state index in [4.69, 9.17) is 4.74 Å². The first kappa shape index (κ1) is 22.7. The number of piperidine rings is 1. The molecule has 0 spiro atoms. The van der Waals surface area contributed by atoms with E-state index in [0.29, 0.717) is 25.4 Å². The van der Waals surface area contributed by atoms with Crippen molar-refractivity contribution in [3.63, 3.8) is 0 Å². The number of carbonyl (C=O) groups is 4. The fourth-order valence-corrected chi connectivity index (χ4v) is 4.27. The van der Waals surface area contributed by atoms with Gasteiger partial charge in [-0.1, -0.05) is 37.3 Å². The molecule has 1 saturated heterocycles. The zero-order valence-corrected chi connectivity index (χ0v) is 19.0. The number of hydrogen-bond acceptors (Lipinski definition) is 5. The number of ether oxygens (including phenoxy) is 1. The molecule has 0 N–H and O–H groups in total. The largest absolute Gasteiger partial charge is 0.449 e. The van der Waals surface area contributed by atoms with E-state index in [-0.39, 0.29) is 35.0 Å². The molecule has 1 atom stereocenters. The maximum Gasteiger partial charge on any atom is 0.338 e. The second-order valence-corrected chi connectivity index (χ2v) is 8.81. The molecule has 0 bridgehead atoms. The average molecular weight is 449 g/mol. The lowest BCUT2D eigenvalue weighted by atomic mass is 9.99. The fraction of sp³-hybridized carbons (Fsp3) is 0.385. The van der Waals surface area contributed by atoms with Crippen LogP contribution in [0.2, 0.25) is 0 Å². The normalized spacial score (nSPS) is 17.2. The van der Waals surface area contributed by atoms with E-state index >= 15 is 0 Å². The molecule has 2 aliphatic heterocycles. The average Bonchev–Trinajstić information content (AvgIpc) is 3.07. The fourth-order valence-electron chi connectivity index (χ4n) is 4.27. The van der Waals surface area contributed by atoms with Crippen LogP contribution in [0.1, 0.15) is 63.3 Å². The smallest absolute Gasteiger partial charge is 0.338 e. The number of esters is 1. The summed E-state index contributed by atoms with van der Waals surface area (Å²) < 4.78 is 5.39. The molecule has 2 aliphatic rings. The Morgan fingerprint density at radius 3 is 2.36 bits per heavy atom. The van der Waals surface area contributed by atoms with Crippen LogP contribution in [0.3, 0.4) is 0 Å². The van der Waals surface area contributed by atoms with Gasteiger partial charge in [0, 0.05) is 19.6 Å². The van der Waals surface area contributed by atoms with Crippen LogP contribution in [0.15, 0.2) is 48.5 Å². The van der Waals surface area contributed by atoms with Gasteiger partial charge in [0.1, 0.15) is 0 Å². The maximum atomic E-state index is 12.9. The molecule has 1 unspecified atom stereocenters. The van der Waals surface area contributed by atoms with Gasteiger partial charge < -0.3 is 9.64 Å². The Labute approximate surface area is 193 Å². The molecule has 0 saturated carbocycles. The number of nitrogens with zero attached hydrogens (tertiary/aromatic N) is 2. The molecule has 1 fully saturated rings. The predicted molar refractivity (Wildman–Crippen MR) is 122 cm³/mol. The van der Waals surface area contributed by atoms with Gasteiger partial charge in [0.25, 0.3) is 17.7 Å². The van der Waals surface area contributed by atoms with Crippen molar-refractivity contribution in [2.75, 3.05) is 19.6 Å². The number of carbonyl (C=O) groups excluding carboxylic acids is 4. The lowest BCUT2D eigenvalue weighted by Gasteiger charge is -2.31. The van der Waals surface area contributed by atoms with E-state index in [1.54, 1.807) is 11.8 Å². The molecule has 7 heteroatoms. The molecule has 33 heavy (non-hydrogen) atoms. The van der Waals surface area contributed by atoms with Crippen LogP contribution in [0.5, 0.6) is 0 Å². The maximum absolute atomic E-state index is 12.9. The second-order valence-electron chi connectivity index (χ2n) is 8.81. The van der Waals surface area contributed by atoms with Gasteiger partial charge in [0.2, 0.25) is 0 Å². The van der Waals surface area contributed by atoms with E-state index < -0.39 is 18.0 Å². The summed E-state index contributed by atoms with van der Waals surface area (Å²) in [7, 11) is 0. The molecule has 4 rings (SSSR count). The summed E-state index contributed by atoms with van der Waals surface area (Å²) in [6.45, 7) is 5.31. The first-order chi connectivity index (χ1) is 15.8. The molecular weight excluding hydrogens is 420 g/mol. The van der Waals surface area contributed by atoms with Gasteiger partial charge in [-0.05, 0) is 55.9 Å². The Bertz CT molecular complexity index is 1070. The Hall–Kier alpha value is -3.48. The quantitative estimate of drug-likeness (QED) is 0.500. The zero-order chi connectivity index (χ0) is 23.5. The lowest BCUT2D eigenvalue weighted by Crippen LogP contribution is -2.44. The van der Waals surface area contributed by atoms with Crippen molar-refractivity contribution in [2.45, 2.75) is 39.2 Å². The molecule has 2 aromatic rings. The van der Waals surface area contributed by atoms with Crippen molar-refractivity contribution in [2.24, 2.45) is 5.92 Å². The van der Waals surface area contributed by atoms with Crippen LogP contribution in [0.25, 0.3) is 0 Å². The van der Waals surface area contributed by atoms with Crippen LogP contribution in [-0.2, 0) is 16.0 Å². The van der Waals surface area contributed by atoms with Crippen LogP contribution in [0.4, 0.5) is 0 Å². The summed E-state index contributed by atoms with van der Waals surface area (Å²) in [6, 6.07) is 14.0. The Morgan fingerprint density at radius 1 is 1.00 bits per heavy atom. The number of benzene rings is 2. The van der Waals surface area contributed by atoms with Gasteiger partial charge in [0.05, 0.1) is 16.7 Å². The highest BCUT2D eigenvalue weighted by molar-refractivity contribution is 6.22. The molecule has 7 nitrogen and oxygen atoms in total. The van der Waals surface area contributed by atoms with E-state index in [2.05, 4.69) is 6.92 Å². The molecule has 0 radical (unpaired) electrons. The minimum atomic E-state index is -0.918. The standard InChI is InChI=1S/C26H28N2O5/c1-17-10-13-27(14-11-17)23(29)18(2)33-26(32)20-8-9-21-22(16-20)25(31)28(24(21)30)15-12-19-6-4-3-5-7-19/h3-9,16-18H,10-15H2,1-2H3. The third-order valence-electron chi connectivity index (χ3n) is 6.40. The molecule has 2 aromatic carbocycles. The van der Waals surface area contributed by atoms with Crippen molar-refractivity contribution in [1.82, 2.24) is 9.80 Å². The van der Waals surface area contributed by atoms with Crippen molar-refractivity contribution in [3.8, 4) is 0 Å². The summed E-state index contributed by atoms with van der Waals surface area (Å²) in [5.41, 5.74) is 1.63. The molecular formula is C26H28N2O5. The van der Waals surface area contributed by atoms with E-state index in [1.807, 2.05) is 30.3 Å². The topological polar surface area (TPSA) is 84.0 Å². The van der Waals surface area contributed by atoms with Crippen LogP contribution < -0.4 is 0 Å². The predicted octanol–water partition coefficient (Wildman–Crippen LogP) is 3.33. The third kappa shape index (κ3) is 4.82. The second kappa shape index (κ2) is 9.57. The highest BCUT2D eigenvalue weighted by Gasteiger charge is 2.36. The number of imide groups is 1. The SMILES string of the molecule is CC1CCN(C(=O)C(C)OC(=O)c2ccc3c(c2)C(=O)N(CCc2ccccc2)C3=O)CC1. The minimum absolute atomic E-state index is 0.145. The Morgan fingerprint density at radius 2 is 1.67 bits per heavy atom. The van der Waals surface area contributed by atoms with Crippen molar-refractivity contribution in [1.29, 1.82) is 0 Å². The number of rotatable bonds is 6. The monoisotopic (exact) mass is 448 g/mol. The summed E-state index contributed by atoms with van der Waals surface area (Å²) in [6.07, 6.45) is 1.51. The van der Waals surface area contributed by atoms with E-state index in [9.17, 15) is 19.2 Å². The van der Waals surface area contributed by atoms with Gasteiger partial charge in [-0.2, -0.15) is 0 Å². The summed E-state index contributed by atoms with van der Waals surface area (Å²) in [5, 5.41) is 0. The Balaban J connectivity index is 1.40. The van der Waals surface area contributed by atoms with Gasteiger partial charge in [0.15, 0.2) is 6.10 Å². The summed E-state index contributed by atoms with van der Waals surface area (Å²) >= 11 is 0. The van der Waals surface area contributed by atoms with Crippen LogP contribution in [-0.4, -0.2) is 59.2 Å². The van der Waals surface area contributed by atoms with Crippen LogP contribution >= 0.6 is 0 Å². The van der Waals surface area contributed by atoms with Crippen LogP contribution in [0, 0.1) is 5.92 Å². The Kier molecular flexibility index (Phi) is 6.58. The highest BCUT2D eigenvalue weighted by atomic mass is 16.5. The zero-order valence-electron chi connectivity index (χ0n) is 19.0. The van der Waals surface area contributed by atoms with Crippen molar-refractivity contribution in [3.05, 3.63) is 70.8 Å². The number of amides is 3. The molecule has 0 aliphatic carbocycles. The van der Waals surface area contributed by atoms with E-state index in [1.165, 1.54) is 23.1 Å². The lowest BCUT2D eigenvalue weighted by molar-refractivity contribution is -0.141. The highest BCUT2D eigenvalue weighted by Crippen LogP contribution is 2.25. The number of fused-ring (bicyclic) bond motifs is 1. The van der Waals surface area contributed by atoms with Crippen molar-refractivity contribution < 1.29 is 23.9 Å². The third-order valence-corrected chi connectivity index (χ3v) is 6.40. The van der Waals surface area contributed by atoms with Gasteiger partial charge in [-0.3, -0.25) is 19.3 Å². The van der Waals surface area contributed by atoms with E-state index in [0.717, 1.165) is 18.4 Å². The van der Waals surface area contributed by atoms with Gasteiger partial charge >= 0.3 is 5.97 Å².